The predicted octanol–water partition coefficient (Wildman–Crippen LogP) is 2.73. The van der Waals surface area contributed by atoms with Crippen molar-refractivity contribution >= 4 is 28.8 Å². The fraction of sp³-hybridized carbons (Fsp3) is 0.429. The number of nitrogens with two attached hydrogens (primary N) is 1. The van der Waals surface area contributed by atoms with E-state index in [1.54, 1.807) is 31.4 Å². The van der Waals surface area contributed by atoms with Gasteiger partial charge in [0.25, 0.3) is 0 Å². The molecule has 4 nitrogen and oxygen atoms in total. The van der Waals surface area contributed by atoms with Crippen LogP contribution in [0.3, 0.4) is 0 Å². The van der Waals surface area contributed by atoms with Crippen LogP contribution >= 0.6 is 12.2 Å². The summed E-state index contributed by atoms with van der Waals surface area (Å²) in [6, 6.07) is 7.14. The first-order valence-corrected chi connectivity index (χ1v) is 6.66. The summed E-state index contributed by atoms with van der Waals surface area (Å²) in [5, 5.41) is 2.86. The molecule has 0 fully saturated rings. The summed E-state index contributed by atoms with van der Waals surface area (Å²) in [4.78, 5) is 12.6. The van der Waals surface area contributed by atoms with Gasteiger partial charge in [-0.15, -0.1) is 0 Å². The maximum Gasteiger partial charge on any atom is 0.237 e. The number of nitrogens with one attached hydrogen (secondary N) is 1. The first kappa shape index (κ1) is 15.4. The zero-order valence-corrected chi connectivity index (χ0v) is 12.3. The number of hydrogen-bond acceptors (Lipinski definition) is 3. The van der Waals surface area contributed by atoms with Crippen LogP contribution in [0.4, 0.5) is 5.69 Å². The Balaban J connectivity index is 2.90. The SMILES string of the molecule is CCC(CC)(C(=O)Nc1ccc(OC)cc1)C(N)=S. The van der Waals surface area contributed by atoms with Crippen LogP contribution in [0.25, 0.3) is 0 Å². The van der Waals surface area contributed by atoms with Crippen LogP contribution < -0.4 is 15.8 Å². The quantitative estimate of drug-likeness (QED) is 0.786. The number of benzene rings is 1. The summed E-state index contributed by atoms with van der Waals surface area (Å²) < 4.78 is 5.07. The number of hydrogen-bond donors (Lipinski definition) is 2. The molecule has 1 aromatic carbocycles. The summed E-state index contributed by atoms with van der Waals surface area (Å²) in [5.41, 5.74) is 5.66. The zero-order chi connectivity index (χ0) is 14.5. The summed E-state index contributed by atoms with van der Waals surface area (Å²) in [6.45, 7) is 3.83. The second kappa shape index (κ2) is 6.52. The van der Waals surface area contributed by atoms with Crippen molar-refractivity contribution in [1.82, 2.24) is 0 Å². The fourth-order valence-electron chi connectivity index (χ4n) is 1.96. The molecule has 104 valence electrons. The van der Waals surface area contributed by atoms with Gasteiger partial charge in [-0.3, -0.25) is 4.79 Å². The Labute approximate surface area is 119 Å². The molecule has 19 heavy (non-hydrogen) atoms. The number of methoxy groups -OCH3 is 1. The van der Waals surface area contributed by atoms with Crippen LogP contribution in [0.1, 0.15) is 26.7 Å². The Morgan fingerprint density at radius 2 is 1.84 bits per heavy atom. The molecule has 0 bridgehead atoms. The first-order chi connectivity index (χ1) is 9.00. The molecule has 5 heteroatoms. The number of thiocarbonyl (C=S) groups is 1. The monoisotopic (exact) mass is 280 g/mol. The van der Waals surface area contributed by atoms with Crippen molar-refractivity contribution in [2.75, 3.05) is 12.4 Å². The van der Waals surface area contributed by atoms with E-state index in [0.29, 0.717) is 18.5 Å². The van der Waals surface area contributed by atoms with Crippen molar-refractivity contribution in [3.8, 4) is 5.75 Å². The minimum Gasteiger partial charge on any atom is -0.497 e. The zero-order valence-electron chi connectivity index (χ0n) is 11.5. The van der Waals surface area contributed by atoms with Gasteiger partial charge in [0.2, 0.25) is 5.91 Å². The second-order valence-electron chi connectivity index (χ2n) is 4.34. The third-order valence-electron chi connectivity index (χ3n) is 3.46. The van der Waals surface area contributed by atoms with Gasteiger partial charge in [0.05, 0.1) is 17.5 Å². The Bertz CT molecular complexity index is 453. The molecule has 0 unspecified atom stereocenters. The number of carbonyl (C=O) groups is 1. The van der Waals surface area contributed by atoms with E-state index in [1.165, 1.54) is 0 Å². The van der Waals surface area contributed by atoms with E-state index in [1.807, 2.05) is 13.8 Å². The lowest BCUT2D eigenvalue weighted by atomic mass is 9.81. The standard InChI is InChI=1S/C14H20N2O2S/c1-4-14(5-2,12(15)19)13(17)16-10-6-8-11(18-3)9-7-10/h6-9H,4-5H2,1-3H3,(H2,15,19)(H,16,17). The van der Waals surface area contributed by atoms with Crippen molar-refractivity contribution < 1.29 is 9.53 Å². The molecule has 1 aromatic rings. The van der Waals surface area contributed by atoms with E-state index in [4.69, 9.17) is 22.7 Å². The van der Waals surface area contributed by atoms with Crippen molar-refractivity contribution in [3.63, 3.8) is 0 Å². The molecule has 3 N–H and O–H groups in total. The highest BCUT2D eigenvalue weighted by Crippen LogP contribution is 2.29. The van der Waals surface area contributed by atoms with E-state index in [9.17, 15) is 4.79 Å². The molecule has 0 saturated heterocycles. The molecule has 0 aromatic heterocycles. The van der Waals surface area contributed by atoms with Crippen LogP contribution in [0.5, 0.6) is 5.75 Å². The minimum atomic E-state index is -0.782. The van der Waals surface area contributed by atoms with Gasteiger partial charge < -0.3 is 15.8 Å². The number of ether oxygens (including phenoxy) is 1. The van der Waals surface area contributed by atoms with Crippen LogP contribution in [0.2, 0.25) is 0 Å². The van der Waals surface area contributed by atoms with Gasteiger partial charge in [0.1, 0.15) is 5.75 Å². The maximum atomic E-state index is 12.4. The van der Waals surface area contributed by atoms with Crippen molar-refractivity contribution in [3.05, 3.63) is 24.3 Å². The normalized spacial score (nSPS) is 10.9. The highest BCUT2D eigenvalue weighted by atomic mass is 32.1. The largest absolute Gasteiger partial charge is 0.497 e. The van der Waals surface area contributed by atoms with Gasteiger partial charge in [-0.2, -0.15) is 0 Å². The number of amides is 1. The third kappa shape index (κ3) is 3.23. The Morgan fingerprint density at radius 3 is 2.21 bits per heavy atom. The first-order valence-electron chi connectivity index (χ1n) is 6.25. The molecule has 0 heterocycles. The summed E-state index contributed by atoms with van der Waals surface area (Å²) >= 11 is 5.06. The van der Waals surface area contributed by atoms with E-state index >= 15 is 0 Å². The Kier molecular flexibility index (Phi) is 5.30. The molecule has 0 radical (unpaired) electrons. The molecule has 0 aliphatic carbocycles. The number of carbonyl (C=O) groups excluding carboxylic acids is 1. The maximum absolute atomic E-state index is 12.4. The highest BCUT2D eigenvalue weighted by molar-refractivity contribution is 7.80. The lowest BCUT2D eigenvalue weighted by Crippen LogP contribution is -2.45. The van der Waals surface area contributed by atoms with E-state index < -0.39 is 5.41 Å². The van der Waals surface area contributed by atoms with Crippen molar-refractivity contribution in [2.24, 2.45) is 11.1 Å². The number of rotatable bonds is 6. The van der Waals surface area contributed by atoms with Crippen molar-refractivity contribution in [2.45, 2.75) is 26.7 Å². The van der Waals surface area contributed by atoms with Crippen LogP contribution in [-0.4, -0.2) is 18.0 Å². The molecule has 0 aliphatic heterocycles. The van der Waals surface area contributed by atoms with Crippen LogP contribution in [-0.2, 0) is 4.79 Å². The fourth-order valence-corrected chi connectivity index (χ4v) is 2.34. The predicted molar refractivity (Wildman–Crippen MR) is 81.4 cm³/mol. The Hall–Kier alpha value is -1.62. The summed E-state index contributed by atoms with van der Waals surface area (Å²) in [7, 11) is 1.60. The summed E-state index contributed by atoms with van der Waals surface area (Å²) in [5.74, 6) is 0.583. The van der Waals surface area contributed by atoms with Crippen molar-refractivity contribution in [1.29, 1.82) is 0 Å². The molecular weight excluding hydrogens is 260 g/mol. The average Bonchev–Trinajstić information content (AvgIpc) is 2.41. The lowest BCUT2D eigenvalue weighted by Gasteiger charge is -2.28. The lowest BCUT2D eigenvalue weighted by molar-refractivity contribution is -0.122. The van der Waals surface area contributed by atoms with Gasteiger partial charge >= 0.3 is 0 Å². The molecule has 0 spiro atoms. The van der Waals surface area contributed by atoms with Gasteiger partial charge in [-0.25, -0.2) is 0 Å². The molecular formula is C14H20N2O2S. The van der Waals surface area contributed by atoms with Gasteiger partial charge in [0, 0.05) is 5.69 Å². The average molecular weight is 280 g/mol. The summed E-state index contributed by atoms with van der Waals surface area (Å²) in [6.07, 6.45) is 1.17. The Morgan fingerprint density at radius 1 is 1.32 bits per heavy atom. The van der Waals surface area contributed by atoms with E-state index in [0.717, 1.165) is 5.75 Å². The molecule has 0 saturated carbocycles. The third-order valence-corrected chi connectivity index (χ3v) is 3.85. The van der Waals surface area contributed by atoms with Gasteiger partial charge in [-0.1, -0.05) is 26.1 Å². The van der Waals surface area contributed by atoms with Gasteiger partial charge in [-0.05, 0) is 37.1 Å². The van der Waals surface area contributed by atoms with E-state index in [-0.39, 0.29) is 10.9 Å². The smallest absolute Gasteiger partial charge is 0.237 e. The molecule has 0 atom stereocenters. The second-order valence-corrected chi connectivity index (χ2v) is 4.78. The molecule has 1 amide bonds. The van der Waals surface area contributed by atoms with Gasteiger partial charge in [0.15, 0.2) is 0 Å². The number of anilines is 1. The highest BCUT2D eigenvalue weighted by Gasteiger charge is 2.38. The van der Waals surface area contributed by atoms with Crippen LogP contribution in [0, 0.1) is 5.41 Å². The molecule has 0 aliphatic rings. The topological polar surface area (TPSA) is 64.3 Å². The van der Waals surface area contributed by atoms with E-state index in [2.05, 4.69) is 5.32 Å². The van der Waals surface area contributed by atoms with Crippen LogP contribution in [0.15, 0.2) is 24.3 Å². The molecule has 1 rings (SSSR count). The minimum absolute atomic E-state index is 0.157.